The smallest absolute Gasteiger partial charge is 0.269 e. The lowest BCUT2D eigenvalue weighted by Crippen LogP contribution is -2.08. The van der Waals surface area contributed by atoms with Crippen LogP contribution in [0.2, 0.25) is 10.0 Å². The van der Waals surface area contributed by atoms with Crippen molar-refractivity contribution in [3.8, 4) is 0 Å². The maximum atomic E-state index is 11.8. The first-order valence-corrected chi connectivity index (χ1v) is 6.90. The minimum Gasteiger partial charge on any atom is -0.320 e. The van der Waals surface area contributed by atoms with E-state index in [0.717, 1.165) is 0 Å². The molecule has 2 rings (SSSR count). The Labute approximate surface area is 136 Å². The largest absolute Gasteiger partial charge is 0.320 e. The average molecular weight is 337 g/mol. The van der Waals surface area contributed by atoms with E-state index in [4.69, 9.17) is 23.2 Å². The molecule has 0 fully saturated rings. The van der Waals surface area contributed by atoms with Gasteiger partial charge in [0.05, 0.1) is 20.7 Å². The zero-order valence-corrected chi connectivity index (χ0v) is 12.6. The first kappa shape index (κ1) is 16.0. The van der Waals surface area contributed by atoms with Crippen LogP contribution in [-0.4, -0.2) is 10.8 Å². The molecule has 0 bridgehead atoms. The number of nitro benzene ring substituents is 1. The Kier molecular flexibility index (Phi) is 5.14. The molecular formula is C15H10Cl2N2O3. The molecule has 0 saturated heterocycles. The standard InChI is InChI=1S/C15H10Cl2N2O3/c16-12-2-1-3-13(17)15(12)18-14(20)9-6-10-4-7-11(8-5-10)19(21)22/h1-9H,(H,18,20). The maximum Gasteiger partial charge on any atom is 0.269 e. The molecule has 0 spiro atoms. The van der Waals surface area contributed by atoms with Gasteiger partial charge in [0.2, 0.25) is 5.91 Å². The Morgan fingerprint density at radius 3 is 2.23 bits per heavy atom. The predicted molar refractivity (Wildman–Crippen MR) is 87.2 cm³/mol. The van der Waals surface area contributed by atoms with Gasteiger partial charge in [0, 0.05) is 18.2 Å². The molecule has 0 aliphatic heterocycles. The molecule has 2 aromatic carbocycles. The van der Waals surface area contributed by atoms with Gasteiger partial charge in [0.1, 0.15) is 0 Å². The molecule has 0 saturated carbocycles. The summed E-state index contributed by atoms with van der Waals surface area (Å²) in [6.45, 7) is 0. The molecular weight excluding hydrogens is 327 g/mol. The normalized spacial score (nSPS) is 10.6. The van der Waals surface area contributed by atoms with Crippen LogP contribution >= 0.6 is 23.2 Å². The van der Waals surface area contributed by atoms with E-state index in [2.05, 4.69) is 5.32 Å². The van der Waals surface area contributed by atoms with Crippen molar-refractivity contribution < 1.29 is 9.72 Å². The summed E-state index contributed by atoms with van der Waals surface area (Å²) in [5, 5.41) is 13.8. The Morgan fingerprint density at radius 1 is 1.09 bits per heavy atom. The molecule has 0 aliphatic rings. The quantitative estimate of drug-likeness (QED) is 0.505. The lowest BCUT2D eigenvalue weighted by molar-refractivity contribution is -0.384. The number of nitro groups is 1. The monoisotopic (exact) mass is 336 g/mol. The lowest BCUT2D eigenvalue weighted by atomic mass is 10.2. The topological polar surface area (TPSA) is 72.2 Å². The third-order valence-electron chi connectivity index (χ3n) is 2.74. The molecule has 112 valence electrons. The summed E-state index contributed by atoms with van der Waals surface area (Å²) in [5.41, 5.74) is 0.986. The highest BCUT2D eigenvalue weighted by molar-refractivity contribution is 6.39. The van der Waals surface area contributed by atoms with Crippen LogP contribution in [0.4, 0.5) is 11.4 Å². The van der Waals surface area contributed by atoms with Crippen LogP contribution in [-0.2, 0) is 4.79 Å². The number of hydrogen-bond acceptors (Lipinski definition) is 3. The molecule has 0 aliphatic carbocycles. The van der Waals surface area contributed by atoms with E-state index in [-0.39, 0.29) is 5.69 Å². The molecule has 1 amide bonds. The van der Waals surface area contributed by atoms with Gasteiger partial charge >= 0.3 is 0 Å². The fourth-order valence-electron chi connectivity index (χ4n) is 1.66. The Balaban J connectivity index is 2.07. The van der Waals surface area contributed by atoms with Gasteiger partial charge in [0.25, 0.3) is 5.69 Å². The second-order valence-electron chi connectivity index (χ2n) is 4.27. The van der Waals surface area contributed by atoms with Gasteiger partial charge in [-0.15, -0.1) is 0 Å². The number of rotatable bonds is 4. The Morgan fingerprint density at radius 2 is 1.68 bits per heavy atom. The van der Waals surface area contributed by atoms with Crippen molar-refractivity contribution in [2.75, 3.05) is 5.32 Å². The SMILES string of the molecule is O=C(C=Cc1ccc([N+](=O)[O-])cc1)Nc1c(Cl)cccc1Cl. The van der Waals surface area contributed by atoms with E-state index >= 15 is 0 Å². The van der Waals surface area contributed by atoms with Crippen LogP contribution < -0.4 is 5.32 Å². The van der Waals surface area contributed by atoms with Crippen LogP contribution in [0.25, 0.3) is 6.08 Å². The maximum absolute atomic E-state index is 11.8. The second-order valence-corrected chi connectivity index (χ2v) is 5.08. The van der Waals surface area contributed by atoms with Gasteiger partial charge in [-0.3, -0.25) is 14.9 Å². The first-order chi connectivity index (χ1) is 10.5. The van der Waals surface area contributed by atoms with E-state index in [1.54, 1.807) is 30.3 Å². The molecule has 0 aromatic heterocycles. The number of carbonyl (C=O) groups is 1. The van der Waals surface area contributed by atoms with E-state index in [1.807, 2.05) is 0 Å². The highest BCUT2D eigenvalue weighted by Gasteiger charge is 2.07. The van der Waals surface area contributed by atoms with Crippen LogP contribution in [0, 0.1) is 10.1 Å². The van der Waals surface area contributed by atoms with E-state index in [0.29, 0.717) is 21.3 Å². The number of hydrogen-bond donors (Lipinski definition) is 1. The number of carbonyl (C=O) groups excluding carboxylic acids is 1. The zero-order chi connectivity index (χ0) is 16.1. The molecule has 0 unspecified atom stereocenters. The molecule has 2 aromatic rings. The lowest BCUT2D eigenvalue weighted by Gasteiger charge is -2.06. The van der Waals surface area contributed by atoms with Crippen molar-refractivity contribution in [1.29, 1.82) is 0 Å². The number of para-hydroxylation sites is 1. The van der Waals surface area contributed by atoms with Gasteiger partial charge in [0.15, 0.2) is 0 Å². The van der Waals surface area contributed by atoms with E-state index in [1.165, 1.54) is 24.3 Å². The predicted octanol–water partition coefficient (Wildman–Crippen LogP) is 4.55. The summed E-state index contributed by atoms with van der Waals surface area (Å²) in [6, 6.07) is 10.7. The molecule has 0 radical (unpaired) electrons. The number of nitrogens with zero attached hydrogens (tertiary/aromatic N) is 1. The summed E-state index contributed by atoms with van der Waals surface area (Å²) in [6.07, 6.45) is 2.82. The molecule has 1 N–H and O–H groups in total. The summed E-state index contributed by atoms with van der Waals surface area (Å²) in [5.74, 6) is -0.409. The number of non-ortho nitro benzene ring substituents is 1. The number of amides is 1. The van der Waals surface area contributed by atoms with Gasteiger partial charge in [-0.25, -0.2) is 0 Å². The van der Waals surface area contributed by atoms with Crippen molar-refractivity contribution in [2.45, 2.75) is 0 Å². The fraction of sp³-hybridized carbons (Fsp3) is 0. The van der Waals surface area contributed by atoms with Crippen molar-refractivity contribution in [3.05, 3.63) is 74.3 Å². The van der Waals surface area contributed by atoms with Gasteiger partial charge in [-0.1, -0.05) is 29.3 Å². The molecule has 5 nitrogen and oxygen atoms in total. The number of benzene rings is 2. The number of anilines is 1. The molecule has 22 heavy (non-hydrogen) atoms. The third-order valence-corrected chi connectivity index (χ3v) is 3.37. The zero-order valence-electron chi connectivity index (χ0n) is 11.1. The molecule has 7 heteroatoms. The molecule has 0 atom stereocenters. The van der Waals surface area contributed by atoms with E-state index < -0.39 is 10.8 Å². The fourth-order valence-corrected chi connectivity index (χ4v) is 2.15. The van der Waals surface area contributed by atoms with Gasteiger partial charge < -0.3 is 5.32 Å². The first-order valence-electron chi connectivity index (χ1n) is 6.15. The summed E-state index contributed by atoms with van der Waals surface area (Å²) >= 11 is 11.9. The van der Waals surface area contributed by atoms with Gasteiger partial charge in [-0.2, -0.15) is 0 Å². The minimum absolute atomic E-state index is 0.00977. The number of nitrogens with one attached hydrogen (secondary N) is 1. The Hall–Kier alpha value is -2.37. The number of halogens is 2. The van der Waals surface area contributed by atoms with Crippen LogP contribution in [0.15, 0.2) is 48.5 Å². The minimum atomic E-state index is -0.487. The van der Waals surface area contributed by atoms with E-state index in [9.17, 15) is 14.9 Å². The van der Waals surface area contributed by atoms with Gasteiger partial charge in [-0.05, 0) is 35.9 Å². The van der Waals surface area contributed by atoms with Crippen LogP contribution in [0.3, 0.4) is 0 Å². The van der Waals surface area contributed by atoms with Crippen LogP contribution in [0.1, 0.15) is 5.56 Å². The van der Waals surface area contributed by atoms with Crippen molar-refractivity contribution in [3.63, 3.8) is 0 Å². The highest BCUT2D eigenvalue weighted by atomic mass is 35.5. The van der Waals surface area contributed by atoms with Crippen molar-refractivity contribution in [1.82, 2.24) is 0 Å². The third kappa shape index (κ3) is 4.07. The summed E-state index contributed by atoms with van der Waals surface area (Å²) in [4.78, 5) is 21.9. The average Bonchev–Trinajstić information content (AvgIpc) is 2.49. The van der Waals surface area contributed by atoms with Crippen molar-refractivity contribution in [2.24, 2.45) is 0 Å². The van der Waals surface area contributed by atoms with Crippen LogP contribution in [0.5, 0.6) is 0 Å². The second kappa shape index (κ2) is 7.06. The van der Waals surface area contributed by atoms with Crippen molar-refractivity contribution >= 4 is 46.6 Å². The summed E-state index contributed by atoms with van der Waals surface area (Å²) < 4.78 is 0. The molecule has 0 heterocycles. The summed E-state index contributed by atoms with van der Waals surface area (Å²) in [7, 11) is 0. The Bertz CT molecular complexity index is 723. The highest BCUT2D eigenvalue weighted by Crippen LogP contribution is 2.29.